The molecule has 1 amide bonds. The van der Waals surface area contributed by atoms with Crippen LogP contribution in [0.4, 0.5) is 4.39 Å². The Bertz CT molecular complexity index is 702. The summed E-state index contributed by atoms with van der Waals surface area (Å²) in [7, 11) is 1.29. The minimum absolute atomic E-state index is 0.0136. The Balaban J connectivity index is 2.07. The highest BCUT2D eigenvalue weighted by Crippen LogP contribution is 2.17. The minimum atomic E-state index is -0.668. The average molecular weight is 338 g/mol. The van der Waals surface area contributed by atoms with Crippen molar-refractivity contribution in [2.75, 3.05) is 19.1 Å². The number of methoxy groups -OCH3 is 1. The van der Waals surface area contributed by atoms with Gasteiger partial charge in [-0.15, -0.1) is 0 Å². The number of benzene rings is 1. The highest BCUT2D eigenvalue weighted by atomic mass is 32.2. The molecular formula is C16H19FN2O3S. The highest BCUT2D eigenvalue weighted by Gasteiger charge is 2.21. The fourth-order valence-electron chi connectivity index (χ4n) is 2.32. The van der Waals surface area contributed by atoms with E-state index in [9.17, 15) is 14.0 Å². The molecule has 5 nitrogen and oxygen atoms in total. The first-order chi connectivity index (χ1) is 11.0. The predicted molar refractivity (Wildman–Crippen MR) is 88.8 cm³/mol. The van der Waals surface area contributed by atoms with Crippen molar-refractivity contribution in [3.05, 3.63) is 36.3 Å². The standard InChI is InChI=1S/C16H19FN2O3S/c1-22-16(21)13(6-8-23-2)18-15(20)10-19-7-5-11-3-4-12(17)9-14(11)19/h3-5,7,9,13H,6,8,10H2,1-2H3,(H,18,20). The van der Waals surface area contributed by atoms with Gasteiger partial charge < -0.3 is 14.6 Å². The van der Waals surface area contributed by atoms with Crippen LogP contribution in [0, 0.1) is 5.82 Å². The van der Waals surface area contributed by atoms with E-state index in [1.165, 1.54) is 19.2 Å². The molecule has 1 aromatic heterocycles. The number of fused-ring (bicyclic) bond motifs is 1. The SMILES string of the molecule is COC(=O)C(CCSC)NC(=O)Cn1ccc2ccc(F)cc21. The second kappa shape index (κ2) is 8.01. The Morgan fingerprint density at radius 1 is 1.39 bits per heavy atom. The molecule has 1 N–H and O–H groups in total. The van der Waals surface area contributed by atoms with Crippen LogP contribution in [0.1, 0.15) is 6.42 Å². The zero-order chi connectivity index (χ0) is 16.8. The summed E-state index contributed by atoms with van der Waals surface area (Å²) in [4.78, 5) is 23.9. The Hall–Kier alpha value is -2.02. The summed E-state index contributed by atoms with van der Waals surface area (Å²) in [6.07, 6.45) is 4.15. The van der Waals surface area contributed by atoms with E-state index >= 15 is 0 Å². The van der Waals surface area contributed by atoms with Crippen molar-refractivity contribution in [3.8, 4) is 0 Å². The van der Waals surface area contributed by atoms with Gasteiger partial charge in [-0.25, -0.2) is 9.18 Å². The van der Waals surface area contributed by atoms with E-state index in [0.717, 1.165) is 11.1 Å². The van der Waals surface area contributed by atoms with Crippen molar-refractivity contribution in [1.29, 1.82) is 0 Å². The molecule has 23 heavy (non-hydrogen) atoms. The van der Waals surface area contributed by atoms with E-state index in [4.69, 9.17) is 4.74 Å². The zero-order valence-electron chi connectivity index (χ0n) is 13.0. The molecule has 0 saturated carbocycles. The lowest BCUT2D eigenvalue weighted by atomic mass is 10.2. The summed E-state index contributed by atoms with van der Waals surface area (Å²) in [5, 5.41) is 3.53. The number of amides is 1. The Morgan fingerprint density at radius 3 is 2.87 bits per heavy atom. The number of nitrogens with one attached hydrogen (secondary N) is 1. The molecule has 7 heteroatoms. The van der Waals surface area contributed by atoms with E-state index in [1.54, 1.807) is 28.6 Å². The second-order valence-corrected chi connectivity index (χ2v) is 6.06. The summed E-state index contributed by atoms with van der Waals surface area (Å²) < 4.78 is 19.7. The number of esters is 1. The maximum Gasteiger partial charge on any atom is 0.328 e. The zero-order valence-corrected chi connectivity index (χ0v) is 13.9. The van der Waals surface area contributed by atoms with Gasteiger partial charge in [0.1, 0.15) is 18.4 Å². The topological polar surface area (TPSA) is 60.3 Å². The maximum absolute atomic E-state index is 13.4. The van der Waals surface area contributed by atoms with Crippen LogP contribution >= 0.6 is 11.8 Å². The number of ether oxygens (including phenoxy) is 1. The van der Waals surface area contributed by atoms with Crippen molar-refractivity contribution in [2.24, 2.45) is 0 Å². The van der Waals surface area contributed by atoms with Crippen molar-refractivity contribution in [3.63, 3.8) is 0 Å². The fraction of sp³-hybridized carbons (Fsp3) is 0.375. The van der Waals surface area contributed by atoms with E-state index in [2.05, 4.69) is 5.32 Å². The first kappa shape index (κ1) is 17.3. The van der Waals surface area contributed by atoms with Gasteiger partial charge in [-0.05, 0) is 48.1 Å². The normalized spacial score (nSPS) is 12.1. The summed E-state index contributed by atoms with van der Waals surface area (Å²) >= 11 is 1.59. The van der Waals surface area contributed by atoms with Crippen molar-refractivity contribution >= 4 is 34.5 Å². The third kappa shape index (κ3) is 4.48. The van der Waals surface area contributed by atoms with Gasteiger partial charge in [-0.3, -0.25) is 4.79 Å². The molecule has 0 bridgehead atoms. The smallest absolute Gasteiger partial charge is 0.328 e. The number of halogens is 1. The van der Waals surface area contributed by atoms with Crippen LogP contribution < -0.4 is 5.32 Å². The van der Waals surface area contributed by atoms with Crippen LogP contribution in [0.3, 0.4) is 0 Å². The lowest BCUT2D eigenvalue weighted by Gasteiger charge is -2.16. The number of nitrogens with zero attached hydrogens (tertiary/aromatic N) is 1. The fourth-order valence-corrected chi connectivity index (χ4v) is 2.79. The predicted octanol–water partition coefficient (Wildman–Crippen LogP) is 2.19. The van der Waals surface area contributed by atoms with Crippen LogP contribution in [0.2, 0.25) is 0 Å². The molecule has 0 aliphatic heterocycles. The number of thioether (sulfide) groups is 1. The third-order valence-electron chi connectivity index (χ3n) is 3.48. The largest absolute Gasteiger partial charge is 0.467 e. The lowest BCUT2D eigenvalue weighted by molar-refractivity contribution is -0.145. The van der Waals surface area contributed by atoms with Gasteiger partial charge in [0.05, 0.1) is 12.6 Å². The molecule has 1 heterocycles. The quantitative estimate of drug-likeness (QED) is 0.786. The van der Waals surface area contributed by atoms with Crippen LogP contribution in [-0.2, 0) is 20.9 Å². The molecule has 0 radical (unpaired) electrons. The summed E-state index contributed by atoms with van der Waals surface area (Å²) in [6, 6.07) is 5.57. The molecule has 1 atom stereocenters. The Morgan fingerprint density at radius 2 is 2.17 bits per heavy atom. The molecule has 124 valence electrons. The van der Waals surface area contributed by atoms with Crippen molar-refractivity contribution in [2.45, 2.75) is 19.0 Å². The molecule has 1 unspecified atom stereocenters. The molecule has 0 spiro atoms. The van der Waals surface area contributed by atoms with Gasteiger partial charge in [-0.2, -0.15) is 11.8 Å². The van der Waals surface area contributed by atoms with Crippen molar-refractivity contribution < 1.29 is 18.7 Å². The number of carbonyl (C=O) groups excluding carboxylic acids is 2. The van der Waals surface area contributed by atoms with Crippen LogP contribution in [0.15, 0.2) is 30.5 Å². The summed E-state index contributed by atoms with van der Waals surface area (Å²) in [5.74, 6) is -0.401. The number of hydrogen-bond donors (Lipinski definition) is 1. The molecule has 0 aliphatic carbocycles. The number of rotatable bonds is 7. The average Bonchev–Trinajstić information content (AvgIpc) is 2.92. The van der Waals surface area contributed by atoms with Crippen molar-refractivity contribution in [1.82, 2.24) is 9.88 Å². The summed E-state index contributed by atoms with van der Waals surface area (Å²) in [6.45, 7) is 0.0136. The molecule has 0 aliphatic rings. The van der Waals surface area contributed by atoms with Gasteiger partial charge in [0.25, 0.3) is 0 Å². The van der Waals surface area contributed by atoms with Gasteiger partial charge in [0, 0.05) is 6.20 Å². The minimum Gasteiger partial charge on any atom is -0.467 e. The second-order valence-electron chi connectivity index (χ2n) is 5.07. The molecule has 1 aromatic carbocycles. The van der Waals surface area contributed by atoms with E-state index in [0.29, 0.717) is 11.9 Å². The van der Waals surface area contributed by atoms with Crippen LogP contribution in [-0.4, -0.2) is 41.6 Å². The molecule has 2 aromatic rings. The van der Waals surface area contributed by atoms with E-state index in [-0.39, 0.29) is 18.3 Å². The lowest BCUT2D eigenvalue weighted by Crippen LogP contribution is -2.43. The Kier molecular flexibility index (Phi) is 6.04. The van der Waals surface area contributed by atoms with Gasteiger partial charge in [0.15, 0.2) is 0 Å². The molecule has 0 fully saturated rings. The number of hydrogen-bond acceptors (Lipinski definition) is 4. The van der Waals surface area contributed by atoms with Crippen LogP contribution in [0.25, 0.3) is 10.9 Å². The Labute approximate surface area is 138 Å². The third-order valence-corrected chi connectivity index (χ3v) is 4.13. The van der Waals surface area contributed by atoms with Gasteiger partial charge in [-0.1, -0.05) is 0 Å². The first-order valence-corrected chi connectivity index (χ1v) is 8.55. The van der Waals surface area contributed by atoms with E-state index < -0.39 is 12.0 Å². The van der Waals surface area contributed by atoms with Gasteiger partial charge >= 0.3 is 5.97 Å². The molecular weight excluding hydrogens is 319 g/mol. The number of carbonyl (C=O) groups is 2. The summed E-state index contributed by atoms with van der Waals surface area (Å²) in [5.41, 5.74) is 0.638. The first-order valence-electron chi connectivity index (χ1n) is 7.15. The monoisotopic (exact) mass is 338 g/mol. The van der Waals surface area contributed by atoms with Crippen LogP contribution in [0.5, 0.6) is 0 Å². The highest BCUT2D eigenvalue weighted by molar-refractivity contribution is 7.98. The number of aromatic nitrogens is 1. The molecule has 2 rings (SSSR count). The van der Waals surface area contributed by atoms with Gasteiger partial charge in [0.2, 0.25) is 5.91 Å². The van der Waals surface area contributed by atoms with E-state index in [1.807, 2.05) is 12.3 Å². The molecule has 0 saturated heterocycles. The maximum atomic E-state index is 13.4.